The van der Waals surface area contributed by atoms with Crippen molar-refractivity contribution >= 4 is 50.5 Å². The highest BCUT2D eigenvalue weighted by Crippen LogP contribution is 2.28. The molecule has 0 saturated carbocycles. The van der Waals surface area contributed by atoms with E-state index in [2.05, 4.69) is 10.0 Å². The molecule has 9 heteroatoms. The van der Waals surface area contributed by atoms with E-state index < -0.39 is 15.9 Å². The second kappa shape index (κ2) is 8.51. The number of carbonyl (C=O) groups excluding carboxylic acids is 1. The predicted molar refractivity (Wildman–Crippen MR) is 102 cm³/mol. The summed E-state index contributed by atoms with van der Waals surface area (Å²) in [7, 11) is -3.84. The first-order chi connectivity index (χ1) is 11.7. The first-order valence-corrected chi connectivity index (χ1v) is 10.7. The number of thiophene rings is 1. The van der Waals surface area contributed by atoms with Crippen LogP contribution in [0.25, 0.3) is 0 Å². The van der Waals surface area contributed by atoms with Crippen LogP contribution < -0.4 is 10.0 Å². The number of hydrogen-bond acceptors (Lipinski definition) is 4. The van der Waals surface area contributed by atoms with E-state index in [0.717, 1.165) is 5.56 Å². The topological polar surface area (TPSA) is 75.3 Å². The van der Waals surface area contributed by atoms with Crippen LogP contribution in [0.4, 0.5) is 0 Å². The third kappa shape index (κ3) is 5.43. The van der Waals surface area contributed by atoms with Gasteiger partial charge in [-0.2, -0.15) is 11.3 Å². The Kier molecular flexibility index (Phi) is 6.87. The van der Waals surface area contributed by atoms with Crippen molar-refractivity contribution in [1.29, 1.82) is 0 Å². The van der Waals surface area contributed by atoms with Crippen LogP contribution in [0.15, 0.2) is 33.9 Å². The fourth-order valence-corrected chi connectivity index (χ4v) is 4.67. The predicted octanol–water partition coefficient (Wildman–Crippen LogP) is 3.92. The molecule has 1 heterocycles. The quantitative estimate of drug-likeness (QED) is 0.712. The van der Waals surface area contributed by atoms with Gasteiger partial charge in [-0.1, -0.05) is 37.0 Å². The molecular weight excluding hydrogens is 403 g/mol. The summed E-state index contributed by atoms with van der Waals surface area (Å²) in [6.45, 7) is 4.36. The lowest BCUT2D eigenvalue weighted by molar-refractivity contribution is 0.0951. The summed E-state index contributed by atoms with van der Waals surface area (Å²) in [5.74, 6) is -0.331. The largest absolute Gasteiger partial charge is 0.348 e. The molecule has 5 nitrogen and oxygen atoms in total. The van der Waals surface area contributed by atoms with Gasteiger partial charge in [0.05, 0.1) is 15.6 Å². The van der Waals surface area contributed by atoms with Gasteiger partial charge in [0.2, 0.25) is 10.0 Å². The van der Waals surface area contributed by atoms with Crippen LogP contribution in [-0.2, 0) is 16.6 Å². The Bertz CT molecular complexity index is 851. The Morgan fingerprint density at radius 1 is 1.24 bits per heavy atom. The molecule has 0 radical (unpaired) electrons. The molecule has 1 amide bonds. The molecule has 2 rings (SSSR count). The van der Waals surface area contributed by atoms with Crippen molar-refractivity contribution in [2.24, 2.45) is 5.92 Å². The third-order valence-electron chi connectivity index (χ3n) is 3.27. The van der Waals surface area contributed by atoms with E-state index in [-0.39, 0.29) is 33.0 Å². The van der Waals surface area contributed by atoms with E-state index >= 15 is 0 Å². The molecule has 0 fully saturated rings. The van der Waals surface area contributed by atoms with Crippen LogP contribution in [0.1, 0.15) is 29.8 Å². The van der Waals surface area contributed by atoms with Gasteiger partial charge >= 0.3 is 0 Å². The van der Waals surface area contributed by atoms with Gasteiger partial charge in [0.1, 0.15) is 4.90 Å². The average Bonchev–Trinajstić information content (AvgIpc) is 3.04. The van der Waals surface area contributed by atoms with Gasteiger partial charge in [0.25, 0.3) is 5.91 Å². The normalized spacial score (nSPS) is 11.7. The molecule has 0 spiro atoms. The Balaban J connectivity index is 2.25. The molecule has 1 aromatic carbocycles. The molecule has 0 aliphatic heterocycles. The van der Waals surface area contributed by atoms with Crippen molar-refractivity contribution in [2.45, 2.75) is 25.3 Å². The molecule has 2 N–H and O–H groups in total. The molecule has 0 bridgehead atoms. The number of nitrogens with one attached hydrogen (secondary N) is 2. The van der Waals surface area contributed by atoms with Crippen LogP contribution >= 0.6 is 34.5 Å². The highest BCUT2D eigenvalue weighted by molar-refractivity contribution is 7.89. The Hall–Kier alpha value is -1.12. The Labute approximate surface area is 161 Å². The van der Waals surface area contributed by atoms with E-state index in [1.807, 2.05) is 30.7 Å². The van der Waals surface area contributed by atoms with Crippen LogP contribution in [0.2, 0.25) is 10.0 Å². The minimum absolute atomic E-state index is 0.0318. The monoisotopic (exact) mass is 420 g/mol. The number of carbonyl (C=O) groups is 1. The second-order valence-corrected chi connectivity index (χ2v) is 9.15. The van der Waals surface area contributed by atoms with Gasteiger partial charge in [0.15, 0.2) is 0 Å². The van der Waals surface area contributed by atoms with E-state index in [9.17, 15) is 13.2 Å². The fraction of sp³-hybridized carbons (Fsp3) is 0.312. The number of halogens is 2. The number of amides is 1. The molecular formula is C16H18Cl2N2O3S2. The number of benzene rings is 1. The van der Waals surface area contributed by atoms with Gasteiger partial charge in [-0.05, 0) is 40.4 Å². The molecule has 0 saturated heterocycles. The molecule has 2 aromatic rings. The SMILES string of the molecule is CC(C)CNS(=O)(=O)c1cc(C(=O)NCc2ccsc2)c(Cl)cc1Cl. The zero-order valence-corrected chi connectivity index (χ0v) is 16.8. The number of hydrogen-bond donors (Lipinski definition) is 2. The summed E-state index contributed by atoms with van der Waals surface area (Å²) >= 11 is 13.6. The average molecular weight is 421 g/mol. The molecule has 0 atom stereocenters. The molecule has 0 aliphatic rings. The maximum absolute atomic E-state index is 12.4. The number of rotatable bonds is 7. The van der Waals surface area contributed by atoms with Gasteiger partial charge in [-0.25, -0.2) is 13.1 Å². The van der Waals surface area contributed by atoms with Crippen molar-refractivity contribution < 1.29 is 13.2 Å². The Morgan fingerprint density at radius 2 is 1.96 bits per heavy atom. The summed E-state index contributed by atoms with van der Waals surface area (Å²) in [6.07, 6.45) is 0. The molecule has 1 aromatic heterocycles. The Morgan fingerprint density at radius 3 is 2.56 bits per heavy atom. The standard InChI is InChI=1S/C16H18Cl2N2O3S2/c1-10(2)7-20-25(22,23)15-5-12(13(17)6-14(15)18)16(21)19-8-11-3-4-24-9-11/h3-6,9-10,20H,7-8H2,1-2H3,(H,19,21). The van der Waals surface area contributed by atoms with Crippen LogP contribution in [0, 0.1) is 5.92 Å². The maximum Gasteiger partial charge on any atom is 0.253 e. The van der Waals surface area contributed by atoms with Crippen molar-refractivity contribution in [3.8, 4) is 0 Å². The minimum Gasteiger partial charge on any atom is -0.348 e. The molecule has 136 valence electrons. The summed E-state index contributed by atoms with van der Waals surface area (Å²) in [5, 5.41) is 6.59. The van der Waals surface area contributed by atoms with E-state index in [4.69, 9.17) is 23.2 Å². The van der Waals surface area contributed by atoms with Crippen LogP contribution in [0.3, 0.4) is 0 Å². The van der Waals surface area contributed by atoms with E-state index in [0.29, 0.717) is 6.54 Å². The van der Waals surface area contributed by atoms with Crippen molar-refractivity contribution in [2.75, 3.05) is 6.54 Å². The van der Waals surface area contributed by atoms with E-state index in [1.54, 1.807) is 0 Å². The minimum atomic E-state index is -3.84. The highest BCUT2D eigenvalue weighted by atomic mass is 35.5. The van der Waals surface area contributed by atoms with Crippen molar-refractivity contribution in [3.05, 3.63) is 50.1 Å². The van der Waals surface area contributed by atoms with Crippen LogP contribution in [0.5, 0.6) is 0 Å². The number of sulfonamides is 1. The zero-order valence-electron chi connectivity index (χ0n) is 13.7. The summed E-state index contributed by atoms with van der Waals surface area (Å²) in [4.78, 5) is 12.2. The summed E-state index contributed by atoms with van der Waals surface area (Å²) < 4.78 is 27.3. The van der Waals surface area contributed by atoms with Crippen LogP contribution in [-0.4, -0.2) is 20.9 Å². The first kappa shape index (κ1) is 20.2. The zero-order chi connectivity index (χ0) is 18.6. The lowest BCUT2D eigenvalue weighted by atomic mass is 10.2. The molecule has 25 heavy (non-hydrogen) atoms. The molecule has 0 aliphatic carbocycles. The summed E-state index contributed by atoms with van der Waals surface area (Å²) in [5.41, 5.74) is 1.01. The third-order valence-corrected chi connectivity index (χ3v) is 6.20. The highest BCUT2D eigenvalue weighted by Gasteiger charge is 2.22. The van der Waals surface area contributed by atoms with Gasteiger partial charge < -0.3 is 5.32 Å². The fourth-order valence-electron chi connectivity index (χ4n) is 1.93. The van der Waals surface area contributed by atoms with Gasteiger partial charge in [-0.3, -0.25) is 4.79 Å². The van der Waals surface area contributed by atoms with Gasteiger partial charge in [0, 0.05) is 13.1 Å². The van der Waals surface area contributed by atoms with Gasteiger partial charge in [-0.15, -0.1) is 0 Å². The maximum atomic E-state index is 12.4. The lowest BCUT2D eigenvalue weighted by Gasteiger charge is -2.13. The van der Waals surface area contributed by atoms with Crippen molar-refractivity contribution in [3.63, 3.8) is 0 Å². The lowest BCUT2D eigenvalue weighted by Crippen LogP contribution is -2.28. The molecule has 0 unspecified atom stereocenters. The summed E-state index contributed by atoms with van der Waals surface area (Å²) in [6, 6.07) is 4.36. The van der Waals surface area contributed by atoms with E-state index in [1.165, 1.54) is 23.5 Å². The first-order valence-electron chi connectivity index (χ1n) is 7.48. The smallest absolute Gasteiger partial charge is 0.253 e. The van der Waals surface area contributed by atoms with Crippen molar-refractivity contribution in [1.82, 2.24) is 10.0 Å². The second-order valence-electron chi connectivity index (χ2n) is 5.82.